The average molecular weight is 313 g/mol. The van der Waals surface area contributed by atoms with E-state index in [-0.39, 0.29) is 5.69 Å². The molecule has 1 fully saturated rings. The average Bonchev–Trinajstić information content (AvgIpc) is 2.61. The number of piperidine rings is 1. The van der Waals surface area contributed by atoms with Crippen LogP contribution in [0.15, 0.2) is 30.7 Å². The normalized spacial score (nSPS) is 14.5. The van der Waals surface area contributed by atoms with Crippen molar-refractivity contribution < 1.29 is 9.90 Å². The van der Waals surface area contributed by atoms with E-state index in [1.165, 1.54) is 31.7 Å². The number of carboxylic acids is 1. The minimum Gasteiger partial charge on any atom is -0.476 e. The Kier molecular flexibility index (Phi) is 4.65. The fourth-order valence-corrected chi connectivity index (χ4v) is 2.59. The van der Waals surface area contributed by atoms with E-state index in [1.54, 1.807) is 0 Å². The smallest absolute Gasteiger partial charge is 0.356 e. The summed E-state index contributed by atoms with van der Waals surface area (Å²) in [4.78, 5) is 25.4. The van der Waals surface area contributed by atoms with Crippen molar-refractivity contribution in [2.75, 3.05) is 23.3 Å². The van der Waals surface area contributed by atoms with Gasteiger partial charge in [-0.3, -0.25) is 0 Å². The van der Waals surface area contributed by atoms with E-state index >= 15 is 0 Å². The zero-order valence-corrected chi connectivity index (χ0v) is 12.8. The van der Waals surface area contributed by atoms with Crippen molar-refractivity contribution in [3.05, 3.63) is 42.0 Å². The molecule has 7 nitrogen and oxygen atoms in total. The van der Waals surface area contributed by atoms with Crippen molar-refractivity contribution in [2.24, 2.45) is 0 Å². The highest BCUT2D eigenvalue weighted by atomic mass is 16.4. The molecule has 120 valence electrons. The van der Waals surface area contributed by atoms with Gasteiger partial charge in [0.2, 0.25) is 0 Å². The second-order valence-electron chi connectivity index (χ2n) is 5.52. The van der Waals surface area contributed by atoms with Crippen molar-refractivity contribution in [1.29, 1.82) is 0 Å². The number of rotatable bonds is 5. The third-order valence-electron chi connectivity index (χ3n) is 3.83. The third-order valence-corrected chi connectivity index (χ3v) is 3.83. The van der Waals surface area contributed by atoms with Crippen LogP contribution in [0.4, 0.5) is 11.6 Å². The summed E-state index contributed by atoms with van der Waals surface area (Å²) in [5.74, 6) is 0.479. The van der Waals surface area contributed by atoms with Gasteiger partial charge in [0.25, 0.3) is 0 Å². The van der Waals surface area contributed by atoms with Gasteiger partial charge in [-0.05, 0) is 37.0 Å². The molecule has 7 heteroatoms. The van der Waals surface area contributed by atoms with Gasteiger partial charge < -0.3 is 15.3 Å². The van der Waals surface area contributed by atoms with Gasteiger partial charge in [0.1, 0.15) is 11.6 Å². The Bertz CT molecular complexity index is 668. The summed E-state index contributed by atoms with van der Waals surface area (Å²) in [7, 11) is 0. The Balaban J connectivity index is 1.62. The number of hydrogen-bond acceptors (Lipinski definition) is 6. The van der Waals surface area contributed by atoms with Gasteiger partial charge in [0, 0.05) is 25.8 Å². The van der Waals surface area contributed by atoms with Crippen molar-refractivity contribution in [2.45, 2.75) is 25.8 Å². The first-order valence-corrected chi connectivity index (χ1v) is 7.71. The van der Waals surface area contributed by atoms with Gasteiger partial charge in [-0.2, -0.15) is 0 Å². The lowest BCUT2D eigenvalue weighted by Crippen LogP contribution is -2.30. The minimum absolute atomic E-state index is 0.0631. The summed E-state index contributed by atoms with van der Waals surface area (Å²) in [5.41, 5.74) is 1.04. The molecule has 0 amide bonds. The Morgan fingerprint density at radius 3 is 2.70 bits per heavy atom. The largest absolute Gasteiger partial charge is 0.476 e. The van der Waals surface area contributed by atoms with Crippen LogP contribution in [0.2, 0.25) is 0 Å². The molecular formula is C16H19N5O2. The molecule has 1 aliphatic rings. The molecule has 0 saturated carbocycles. The van der Waals surface area contributed by atoms with E-state index in [0.29, 0.717) is 12.4 Å². The predicted octanol–water partition coefficient (Wildman–Crippen LogP) is 2.17. The Labute approximate surface area is 134 Å². The summed E-state index contributed by atoms with van der Waals surface area (Å²) in [6, 6.07) is 4.04. The van der Waals surface area contributed by atoms with Gasteiger partial charge in [-0.25, -0.2) is 19.7 Å². The lowest BCUT2D eigenvalue weighted by molar-refractivity contribution is 0.0690. The number of pyridine rings is 1. The molecule has 0 aromatic carbocycles. The molecule has 23 heavy (non-hydrogen) atoms. The molecule has 3 rings (SSSR count). The van der Waals surface area contributed by atoms with Crippen LogP contribution >= 0.6 is 0 Å². The van der Waals surface area contributed by atoms with Crippen molar-refractivity contribution in [3.63, 3.8) is 0 Å². The number of hydrogen-bond donors (Lipinski definition) is 2. The van der Waals surface area contributed by atoms with E-state index in [0.717, 1.165) is 24.5 Å². The third kappa shape index (κ3) is 3.94. The number of carbonyl (C=O) groups is 1. The first kappa shape index (κ1) is 15.2. The number of anilines is 2. The fourth-order valence-electron chi connectivity index (χ4n) is 2.59. The standard InChI is InChI=1S/C16H19N5O2/c22-16(23)13-10-20-14(11-18-13)19-9-12-4-5-17-15(8-12)21-6-2-1-3-7-21/h4-5,8,10-11H,1-3,6-7,9H2,(H,19,20)(H,22,23). The fraction of sp³-hybridized carbons (Fsp3) is 0.375. The Morgan fingerprint density at radius 2 is 2.00 bits per heavy atom. The van der Waals surface area contributed by atoms with Crippen LogP contribution in [0.1, 0.15) is 35.3 Å². The highest BCUT2D eigenvalue weighted by Gasteiger charge is 2.12. The first-order chi connectivity index (χ1) is 11.2. The predicted molar refractivity (Wildman–Crippen MR) is 86.6 cm³/mol. The summed E-state index contributed by atoms with van der Waals surface area (Å²) in [6.07, 6.45) is 8.22. The lowest BCUT2D eigenvalue weighted by atomic mass is 10.1. The minimum atomic E-state index is -1.08. The molecule has 0 atom stereocenters. The van der Waals surface area contributed by atoms with Crippen LogP contribution < -0.4 is 10.2 Å². The molecule has 0 spiro atoms. The van der Waals surface area contributed by atoms with Gasteiger partial charge in [-0.1, -0.05) is 0 Å². The summed E-state index contributed by atoms with van der Waals surface area (Å²) in [6.45, 7) is 2.71. The van der Waals surface area contributed by atoms with Gasteiger partial charge in [-0.15, -0.1) is 0 Å². The zero-order valence-electron chi connectivity index (χ0n) is 12.8. The van der Waals surface area contributed by atoms with Crippen LogP contribution in [-0.2, 0) is 6.54 Å². The molecule has 2 aromatic rings. The van der Waals surface area contributed by atoms with Gasteiger partial charge in [0.15, 0.2) is 5.69 Å². The SMILES string of the molecule is O=C(O)c1cnc(NCc2ccnc(N3CCCCC3)c2)cn1. The maximum Gasteiger partial charge on any atom is 0.356 e. The molecule has 3 heterocycles. The number of nitrogens with one attached hydrogen (secondary N) is 1. The summed E-state index contributed by atoms with van der Waals surface area (Å²) >= 11 is 0. The summed E-state index contributed by atoms with van der Waals surface area (Å²) in [5, 5.41) is 11.9. The van der Waals surface area contributed by atoms with Crippen LogP contribution in [0, 0.1) is 0 Å². The van der Waals surface area contributed by atoms with Crippen LogP contribution in [-0.4, -0.2) is 39.1 Å². The second-order valence-corrected chi connectivity index (χ2v) is 5.52. The first-order valence-electron chi connectivity index (χ1n) is 7.71. The number of nitrogens with zero attached hydrogens (tertiary/aromatic N) is 4. The van der Waals surface area contributed by atoms with E-state index in [4.69, 9.17) is 5.11 Å². The monoisotopic (exact) mass is 313 g/mol. The van der Waals surface area contributed by atoms with E-state index < -0.39 is 5.97 Å². The highest BCUT2D eigenvalue weighted by molar-refractivity contribution is 5.84. The molecule has 0 unspecified atom stereocenters. The highest BCUT2D eigenvalue weighted by Crippen LogP contribution is 2.18. The number of aromatic carboxylic acids is 1. The molecule has 0 bridgehead atoms. The van der Waals surface area contributed by atoms with E-state index in [9.17, 15) is 4.79 Å². The van der Waals surface area contributed by atoms with Crippen LogP contribution in [0.5, 0.6) is 0 Å². The van der Waals surface area contributed by atoms with E-state index in [2.05, 4.69) is 31.2 Å². The van der Waals surface area contributed by atoms with Gasteiger partial charge >= 0.3 is 5.97 Å². The number of aromatic nitrogens is 3. The summed E-state index contributed by atoms with van der Waals surface area (Å²) < 4.78 is 0. The molecule has 0 radical (unpaired) electrons. The molecule has 0 aliphatic carbocycles. The number of carboxylic acid groups (broad SMARTS) is 1. The second kappa shape index (κ2) is 7.04. The molecule has 2 N–H and O–H groups in total. The Morgan fingerprint density at radius 1 is 1.17 bits per heavy atom. The molecule has 1 aliphatic heterocycles. The topological polar surface area (TPSA) is 91.2 Å². The van der Waals surface area contributed by atoms with Crippen molar-refractivity contribution >= 4 is 17.6 Å². The van der Waals surface area contributed by atoms with Crippen molar-refractivity contribution in [1.82, 2.24) is 15.0 Å². The quantitative estimate of drug-likeness (QED) is 0.874. The lowest BCUT2D eigenvalue weighted by Gasteiger charge is -2.27. The molecular weight excluding hydrogens is 294 g/mol. The van der Waals surface area contributed by atoms with Crippen LogP contribution in [0.3, 0.4) is 0 Å². The Hall–Kier alpha value is -2.70. The molecule has 1 saturated heterocycles. The van der Waals surface area contributed by atoms with E-state index in [1.807, 2.05) is 12.3 Å². The van der Waals surface area contributed by atoms with Crippen LogP contribution in [0.25, 0.3) is 0 Å². The maximum atomic E-state index is 10.7. The van der Waals surface area contributed by atoms with Crippen molar-refractivity contribution in [3.8, 4) is 0 Å². The van der Waals surface area contributed by atoms with Gasteiger partial charge in [0.05, 0.1) is 12.4 Å². The zero-order chi connectivity index (χ0) is 16.1. The maximum absolute atomic E-state index is 10.7. The molecule has 2 aromatic heterocycles.